The minimum atomic E-state index is -0.556. The first-order chi connectivity index (χ1) is 10.6. The highest BCUT2D eigenvalue weighted by molar-refractivity contribution is 6.05. The van der Waals surface area contributed by atoms with Gasteiger partial charge in [-0.05, 0) is 43.0 Å². The van der Waals surface area contributed by atoms with Crippen LogP contribution in [0.3, 0.4) is 0 Å². The van der Waals surface area contributed by atoms with E-state index in [-0.39, 0.29) is 36.5 Å². The molecule has 0 saturated carbocycles. The largest absolute Gasteiger partial charge is 0.330 e. The number of fused-ring (bicyclic) bond motifs is 1. The number of halogens is 1. The van der Waals surface area contributed by atoms with E-state index in [2.05, 4.69) is 5.32 Å². The summed E-state index contributed by atoms with van der Waals surface area (Å²) in [6.45, 7) is 1.04. The van der Waals surface area contributed by atoms with Gasteiger partial charge in [-0.15, -0.1) is 12.4 Å². The minimum Gasteiger partial charge on any atom is -0.330 e. The van der Waals surface area contributed by atoms with Crippen LogP contribution < -0.4 is 11.1 Å². The Labute approximate surface area is 140 Å². The number of rotatable bonds is 4. The predicted molar refractivity (Wildman–Crippen MR) is 87.1 cm³/mol. The van der Waals surface area contributed by atoms with Crippen LogP contribution in [0.2, 0.25) is 0 Å². The minimum absolute atomic E-state index is 0. The molecule has 2 aliphatic heterocycles. The zero-order valence-corrected chi connectivity index (χ0v) is 13.5. The topological polar surface area (TPSA) is 92.5 Å². The fourth-order valence-electron chi connectivity index (χ4n) is 3.18. The van der Waals surface area contributed by atoms with Crippen LogP contribution in [-0.4, -0.2) is 35.2 Å². The van der Waals surface area contributed by atoms with Gasteiger partial charge in [0.2, 0.25) is 11.8 Å². The van der Waals surface area contributed by atoms with E-state index < -0.39 is 6.04 Å². The molecule has 0 aliphatic carbocycles. The first kappa shape index (κ1) is 17.4. The second kappa shape index (κ2) is 7.10. The molecule has 6 nitrogen and oxygen atoms in total. The molecule has 1 atom stereocenters. The molecule has 1 aromatic rings. The molecule has 0 spiro atoms. The summed E-state index contributed by atoms with van der Waals surface area (Å²) in [6.07, 6.45) is 2.36. The molecule has 3 rings (SSSR count). The molecule has 124 valence electrons. The number of nitrogens with zero attached hydrogens (tertiary/aromatic N) is 1. The fraction of sp³-hybridized carbons (Fsp3) is 0.438. The lowest BCUT2D eigenvalue weighted by molar-refractivity contribution is -0.136. The maximum Gasteiger partial charge on any atom is 0.255 e. The Morgan fingerprint density at radius 1 is 1.26 bits per heavy atom. The number of nitrogens with one attached hydrogen (secondary N) is 1. The molecule has 1 aromatic carbocycles. The average molecular weight is 338 g/mol. The van der Waals surface area contributed by atoms with Crippen molar-refractivity contribution in [1.82, 2.24) is 10.2 Å². The monoisotopic (exact) mass is 337 g/mol. The molecule has 1 fully saturated rings. The lowest BCUT2D eigenvalue weighted by Crippen LogP contribution is -2.52. The van der Waals surface area contributed by atoms with E-state index in [0.717, 1.165) is 24.0 Å². The van der Waals surface area contributed by atoms with Crippen LogP contribution in [0.15, 0.2) is 18.2 Å². The van der Waals surface area contributed by atoms with Gasteiger partial charge < -0.3 is 10.6 Å². The Morgan fingerprint density at radius 2 is 2.04 bits per heavy atom. The van der Waals surface area contributed by atoms with Crippen LogP contribution in [0.25, 0.3) is 0 Å². The Kier molecular flexibility index (Phi) is 5.38. The first-order valence-corrected chi connectivity index (χ1v) is 7.57. The van der Waals surface area contributed by atoms with E-state index >= 15 is 0 Å². The van der Waals surface area contributed by atoms with E-state index in [1.165, 1.54) is 0 Å². The Morgan fingerprint density at radius 3 is 2.74 bits per heavy atom. The molecular formula is C16H20ClN3O3. The van der Waals surface area contributed by atoms with Gasteiger partial charge in [-0.3, -0.25) is 19.7 Å². The second-order valence-corrected chi connectivity index (χ2v) is 5.74. The van der Waals surface area contributed by atoms with Crippen molar-refractivity contribution in [3.63, 3.8) is 0 Å². The van der Waals surface area contributed by atoms with Crippen LogP contribution >= 0.6 is 12.4 Å². The average Bonchev–Trinajstić information content (AvgIpc) is 2.83. The van der Waals surface area contributed by atoms with Crippen molar-refractivity contribution >= 4 is 30.1 Å². The van der Waals surface area contributed by atoms with E-state index in [1.54, 1.807) is 11.0 Å². The predicted octanol–water partition coefficient (Wildman–Crippen LogP) is 0.761. The van der Waals surface area contributed by atoms with Gasteiger partial charge >= 0.3 is 0 Å². The number of amides is 3. The van der Waals surface area contributed by atoms with Crippen LogP contribution in [0, 0.1) is 0 Å². The molecule has 1 saturated heterocycles. The van der Waals surface area contributed by atoms with Gasteiger partial charge in [0.05, 0.1) is 0 Å². The van der Waals surface area contributed by atoms with Gasteiger partial charge in [-0.25, -0.2) is 0 Å². The highest BCUT2D eigenvalue weighted by atomic mass is 35.5. The highest BCUT2D eigenvalue weighted by Gasteiger charge is 2.39. The molecule has 3 N–H and O–H groups in total. The number of aryl methyl sites for hydroxylation is 1. The quantitative estimate of drug-likeness (QED) is 0.793. The summed E-state index contributed by atoms with van der Waals surface area (Å²) in [5.41, 5.74) is 8.34. The van der Waals surface area contributed by atoms with E-state index in [9.17, 15) is 14.4 Å². The van der Waals surface area contributed by atoms with Crippen molar-refractivity contribution in [1.29, 1.82) is 0 Å². The molecule has 1 unspecified atom stereocenters. The standard InChI is InChI=1S/C16H19N3O3.ClH/c17-8-2-4-10-3-1-5-11-12(10)9-19(16(11)22)13-6-7-14(20)18-15(13)21;/h1,3,5,13H,2,4,6-9,17H2,(H,18,20,21);1H. The van der Waals surface area contributed by atoms with Crippen LogP contribution in [0.4, 0.5) is 0 Å². The Balaban J connectivity index is 0.00000192. The summed E-state index contributed by atoms with van der Waals surface area (Å²) in [7, 11) is 0. The fourth-order valence-corrected chi connectivity index (χ4v) is 3.18. The first-order valence-electron chi connectivity index (χ1n) is 7.57. The molecule has 2 aliphatic rings. The van der Waals surface area contributed by atoms with Crippen LogP contribution in [0.1, 0.15) is 40.7 Å². The van der Waals surface area contributed by atoms with Crippen molar-refractivity contribution in [2.24, 2.45) is 5.73 Å². The maximum absolute atomic E-state index is 12.6. The molecule has 0 bridgehead atoms. The smallest absolute Gasteiger partial charge is 0.255 e. The van der Waals surface area contributed by atoms with Gasteiger partial charge in [0.25, 0.3) is 5.91 Å². The van der Waals surface area contributed by atoms with E-state index in [4.69, 9.17) is 5.73 Å². The lowest BCUT2D eigenvalue weighted by Gasteiger charge is -2.29. The second-order valence-electron chi connectivity index (χ2n) is 5.74. The summed E-state index contributed by atoms with van der Waals surface area (Å²) in [5.74, 6) is -0.769. The molecule has 0 radical (unpaired) electrons. The molecule has 2 heterocycles. The molecular weight excluding hydrogens is 318 g/mol. The van der Waals surface area contributed by atoms with Crippen molar-refractivity contribution < 1.29 is 14.4 Å². The molecule has 3 amide bonds. The zero-order valence-electron chi connectivity index (χ0n) is 12.7. The maximum atomic E-state index is 12.6. The van der Waals surface area contributed by atoms with Gasteiger partial charge in [0.15, 0.2) is 0 Å². The van der Waals surface area contributed by atoms with E-state index in [0.29, 0.717) is 25.1 Å². The van der Waals surface area contributed by atoms with Gasteiger partial charge in [0, 0.05) is 18.5 Å². The summed E-state index contributed by atoms with van der Waals surface area (Å²) >= 11 is 0. The highest BCUT2D eigenvalue weighted by Crippen LogP contribution is 2.30. The van der Waals surface area contributed by atoms with Crippen LogP contribution in [-0.2, 0) is 22.6 Å². The lowest BCUT2D eigenvalue weighted by atomic mass is 9.99. The number of piperidine rings is 1. The number of hydrogen-bond donors (Lipinski definition) is 2. The number of nitrogens with two attached hydrogens (primary N) is 1. The SMILES string of the molecule is Cl.NCCCc1cccc2c1CN(C1CCC(=O)NC1=O)C2=O. The third-order valence-corrected chi connectivity index (χ3v) is 4.33. The van der Waals surface area contributed by atoms with Crippen molar-refractivity contribution in [2.75, 3.05) is 6.54 Å². The van der Waals surface area contributed by atoms with Gasteiger partial charge in [-0.1, -0.05) is 12.1 Å². The number of carbonyl (C=O) groups excluding carboxylic acids is 3. The Bertz CT molecular complexity index is 647. The van der Waals surface area contributed by atoms with E-state index in [1.807, 2.05) is 12.1 Å². The molecule has 7 heteroatoms. The van der Waals surface area contributed by atoms with Gasteiger partial charge in [0.1, 0.15) is 6.04 Å². The summed E-state index contributed by atoms with van der Waals surface area (Å²) < 4.78 is 0. The number of imide groups is 1. The molecule has 23 heavy (non-hydrogen) atoms. The zero-order chi connectivity index (χ0) is 15.7. The summed E-state index contributed by atoms with van der Waals surface area (Å²) in [6, 6.07) is 5.13. The summed E-state index contributed by atoms with van der Waals surface area (Å²) in [4.78, 5) is 37.4. The number of hydrogen-bond acceptors (Lipinski definition) is 4. The van der Waals surface area contributed by atoms with Gasteiger partial charge in [-0.2, -0.15) is 0 Å². The number of benzene rings is 1. The summed E-state index contributed by atoms with van der Waals surface area (Å²) in [5, 5.41) is 2.31. The van der Waals surface area contributed by atoms with Crippen molar-refractivity contribution in [3.05, 3.63) is 34.9 Å². The number of carbonyl (C=O) groups is 3. The van der Waals surface area contributed by atoms with Crippen LogP contribution in [0.5, 0.6) is 0 Å². The Hall–Kier alpha value is -1.92. The normalized spacial score (nSPS) is 20.1. The van der Waals surface area contributed by atoms with Crippen molar-refractivity contribution in [3.8, 4) is 0 Å². The third-order valence-electron chi connectivity index (χ3n) is 4.33. The third kappa shape index (κ3) is 3.23. The van der Waals surface area contributed by atoms with Crippen molar-refractivity contribution in [2.45, 2.75) is 38.3 Å². The molecule has 0 aromatic heterocycles.